The van der Waals surface area contributed by atoms with Gasteiger partial charge in [0.2, 0.25) is 0 Å². The van der Waals surface area contributed by atoms with Gasteiger partial charge in [-0.05, 0) is 92.2 Å². The van der Waals surface area contributed by atoms with Crippen LogP contribution >= 0.6 is 0 Å². The molecule has 190 valence electrons. The number of tetrazole rings is 1. The number of fused-ring (bicyclic) bond motifs is 1. The molecule has 2 aromatic carbocycles. The lowest BCUT2D eigenvalue weighted by Gasteiger charge is -2.33. The Balaban J connectivity index is 1.81. The van der Waals surface area contributed by atoms with Crippen LogP contribution in [-0.4, -0.2) is 30.1 Å². The Morgan fingerprint density at radius 3 is 2.47 bits per heavy atom. The van der Waals surface area contributed by atoms with Crippen molar-refractivity contribution in [2.24, 2.45) is 0 Å². The molecular weight excluding hydrogens is 455 g/mol. The minimum Gasteiger partial charge on any atom is -0.321 e. The number of pyridine rings is 1. The molecule has 2 heterocycles. The summed E-state index contributed by atoms with van der Waals surface area (Å²) < 4.78 is 15.5. The average Bonchev–Trinajstić information content (AvgIpc) is 3.30. The lowest BCUT2D eigenvalue weighted by atomic mass is 10.0. The van der Waals surface area contributed by atoms with Gasteiger partial charge in [0.15, 0.2) is 5.82 Å². The van der Waals surface area contributed by atoms with Crippen molar-refractivity contribution in [3.8, 4) is 0 Å². The lowest BCUT2D eigenvalue weighted by Crippen LogP contribution is -2.35. The van der Waals surface area contributed by atoms with E-state index in [1.165, 1.54) is 12.1 Å². The maximum atomic E-state index is 13.6. The zero-order chi connectivity index (χ0) is 26.0. The van der Waals surface area contributed by atoms with Crippen molar-refractivity contribution >= 4 is 10.9 Å². The first-order valence-electron chi connectivity index (χ1n) is 12.5. The summed E-state index contributed by atoms with van der Waals surface area (Å²) in [5, 5.41) is 13.7. The maximum absolute atomic E-state index is 13.6. The van der Waals surface area contributed by atoms with Crippen LogP contribution in [0.25, 0.3) is 10.9 Å². The minimum atomic E-state index is -0.304. The quantitative estimate of drug-likeness (QED) is 0.349. The number of benzene rings is 2. The van der Waals surface area contributed by atoms with E-state index in [0.29, 0.717) is 18.7 Å². The average molecular weight is 491 g/mol. The summed E-state index contributed by atoms with van der Waals surface area (Å²) in [4.78, 5) is 18.5. The van der Waals surface area contributed by atoms with Gasteiger partial charge in [0, 0.05) is 18.7 Å². The monoisotopic (exact) mass is 490 g/mol. The molecule has 7 nitrogen and oxygen atoms in total. The molecule has 0 spiro atoms. The minimum absolute atomic E-state index is 0.107. The highest BCUT2D eigenvalue weighted by Crippen LogP contribution is 2.30. The Hall–Kier alpha value is -3.39. The van der Waals surface area contributed by atoms with Gasteiger partial charge in [0.25, 0.3) is 5.56 Å². The van der Waals surface area contributed by atoms with Crippen molar-refractivity contribution in [2.45, 2.75) is 79.1 Å². The van der Waals surface area contributed by atoms with Crippen LogP contribution in [0.4, 0.5) is 4.39 Å². The molecule has 8 heteroatoms. The van der Waals surface area contributed by atoms with Gasteiger partial charge in [-0.3, -0.25) is 9.69 Å². The smallest absolute Gasteiger partial charge is 0.252 e. The summed E-state index contributed by atoms with van der Waals surface area (Å²) in [5.74, 6) is 0.485. The number of aryl methyl sites for hydroxylation is 2. The van der Waals surface area contributed by atoms with Gasteiger partial charge in [-0.25, -0.2) is 9.07 Å². The zero-order valence-electron chi connectivity index (χ0n) is 22.0. The highest BCUT2D eigenvalue weighted by molar-refractivity contribution is 5.82. The Bertz CT molecular complexity index is 1400. The summed E-state index contributed by atoms with van der Waals surface area (Å²) >= 11 is 0. The fourth-order valence-corrected chi connectivity index (χ4v) is 4.80. The standard InChI is InChI=1S/C28H35FN6O/c1-7-8-24(26-31-32-33-35(26)28(4,5)6)34(16-20-9-11-23(29)12-10-20)17-22-15-21-14-18(2)13-19(3)25(21)30-27(22)36/h9-15,24H,7-8,16-17H2,1-6H3,(H,30,36)/t24-/m1/s1. The SMILES string of the molecule is CCC[C@H](c1nnnn1C(C)(C)C)N(Cc1ccc(F)cc1)Cc1cc2cc(C)cc(C)c2[nH]c1=O. The number of halogens is 1. The van der Waals surface area contributed by atoms with Gasteiger partial charge >= 0.3 is 0 Å². The maximum Gasteiger partial charge on any atom is 0.252 e. The summed E-state index contributed by atoms with van der Waals surface area (Å²) in [5.41, 5.74) is 4.27. The van der Waals surface area contributed by atoms with Crippen LogP contribution in [0.3, 0.4) is 0 Å². The van der Waals surface area contributed by atoms with E-state index in [0.717, 1.165) is 46.3 Å². The molecule has 0 bridgehead atoms. The lowest BCUT2D eigenvalue weighted by molar-refractivity contribution is 0.148. The molecule has 0 fully saturated rings. The molecule has 0 saturated carbocycles. The molecule has 36 heavy (non-hydrogen) atoms. The number of hydrogen-bond donors (Lipinski definition) is 1. The molecule has 1 N–H and O–H groups in total. The van der Waals surface area contributed by atoms with Crippen molar-refractivity contribution < 1.29 is 4.39 Å². The van der Waals surface area contributed by atoms with E-state index in [-0.39, 0.29) is 23.0 Å². The highest BCUT2D eigenvalue weighted by Gasteiger charge is 2.30. The third-order valence-electron chi connectivity index (χ3n) is 6.47. The number of nitrogens with one attached hydrogen (secondary N) is 1. The second kappa shape index (κ2) is 10.3. The number of nitrogens with zero attached hydrogens (tertiary/aromatic N) is 5. The van der Waals surface area contributed by atoms with Crippen molar-refractivity contribution in [1.82, 2.24) is 30.1 Å². The Labute approximate surface area is 211 Å². The second-order valence-electron chi connectivity index (χ2n) is 10.6. The molecule has 0 aliphatic rings. The van der Waals surface area contributed by atoms with Crippen molar-refractivity contribution in [2.75, 3.05) is 0 Å². The third kappa shape index (κ3) is 5.54. The van der Waals surface area contributed by atoms with Gasteiger partial charge in [0.1, 0.15) is 5.82 Å². The molecule has 0 aliphatic carbocycles. The molecule has 4 rings (SSSR count). The summed E-state index contributed by atoms with van der Waals surface area (Å²) in [6.45, 7) is 13.3. The van der Waals surface area contributed by atoms with Crippen LogP contribution in [-0.2, 0) is 18.6 Å². The first-order valence-corrected chi connectivity index (χ1v) is 12.5. The fourth-order valence-electron chi connectivity index (χ4n) is 4.80. The molecule has 0 saturated heterocycles. The van der Waals surface area contributed by atoms with Gasteiger partial charge in [-0.15, -0.1) is 5.10 Å². The van der Waals surface area contributed by atoms with E-state index < -0.39 is 0 Å². The molecule has 0 amide bonds. The largest absolute Gasteiger partial charge is 0.321 e. The first-order chi connectivity index (χ1) is 17.1. The Morgan fingerprint density at radius 1 is 1.08 bits per heavy atom. The van der Waals surface area contributed by atoms with Gasteiger partial charge < -0.3 is 4.98 Å². The van der Waals surface area contributed by atoms with Gasteiger partial charge in [0.05, 0.1) is 17.1 Å². The van der Waals surface area contributed by atoms with Crippen LogP contribution in [0.15, 0.2) is 47.3 Å². The molecular formula is C28H35FN6O. The zero-order valence-corrected chi connectivity index (χ0v) is 22.0. The molecule has 0 unspecified atom stereocenters. The van der Waals surface area contributed by atoms with Crippen LogP contribution in [0, 0.1) is 19.7 Å². The molecule has 0 radical (unpaired) electrons. The molecule has 2 aromatic heterocycles. The van der Waals surface area contributed by atoms with E-state index >= 15 is 0 Å². The van der Waals surface area contributed by atoms with Crippen molar-refractivity contribution in [3.05, 3.63) is 86.7 Å². The first kappa shape index (κ1) is 25.7. The number of rotatable bonds is 8. The molecule has 0 aliphatic heterocycles. The van der Waals surface area contributed by atoms with E-state index in [9.17, 15) is 9.18 Å². The van der Waals surface area contributed by atoms with E-state index in [1.54, 1.807) is 12.1 Å². The summed E-state index contributed by atoms with van der Waals surface area (Å²) in [7, 11) is 0. The van der Waals surface area contributed by atoms with Gasteiger partial charge in [-0.1, -0.05) is 37.1 Å². The summed E-state index contributed by atoms with van der Waals surface area (Å²) in [6, 6.07) is 12.5. The van der Waals surface area contributed by atoms with E-state index in [2.05, 4.69) is 72.2 Å². The number of H-pyrrole nitrogens is 1. The Morgan fingerprint density at radius 2 is 1.81 bits per heavy atom. The van der Waals surface area contributed by atoms with E-state index in [1.807, 2.05) is 17.7 Å². The number of hydrogen-bond acceptors (Lipinski definition) is 5. The van der Waals surface area contributed by atoms with E-state index in [4.69, 9.17) is 0 Å². The number of aromatic nitrogens is 5. The molecule has 4 aromatic rings. The van der Waals surface area contributed by atoms with Gasteiger partial charge in [-0.2, -0.15) is 0 Å². The topological polar surface area (TPSA) is 79.7 Å². The predicted octanol–water partition coefficient (Wildman–Crippen LogP) is 5.57. The molecule has 1 atom stereocenters. The van der Waals surface area contributed by atoms with Crippen LogP contribution in [0.1, 0.15) is 74.7 Å². The normalized spacial score (nSPS) is 13.0. The number of aromatic amines is 1. The fraction of sp³-hybridized carbons (Fsp3) is 0.429. The Kier molecular flexibility index (Phi) is 7.36. The summed E-state index contributed by atoms with van der Waals surface area (Å²) in [6.07, 6.45) is 1.72. The van der Waals surface area contributed by atoms with Crippen LogP contribution < -0.4 is 5.56 Å². The third-order valence-corrected chi connectivity index (χ3v) is 6.47. The van der Waals surface area contributed by atoms with Crippen LogP contribution in [0.2, 0.25) is 0 Å². The van der Waals surface area contributed by atoms with Crippen molar-refractivity contribution in [3.63, 3.8) is 0 Å². The van der Waals surface area contributed by atoms with Crippen LogP contribution in [0.5, 0.6) is 0 Å². The van der Waals surface area contributed by atoms with Crippen molar-refractivity contribution in [1.29, 1.82) is 0 Å². The highest BCUT2D eigenvalue weighted by atomic mass is 19.1. The second-order valence-corrected chi connectivity index (χ2v) is 10.6. The predicted molar refractivity (Wildman–Crippen MR) is 140 cm³/mol.